The van der Waals surface area contributed by atoms with Crippen molar-refractivity contribution < 1.29 is 9.59 Å². The predicted molar refractivity (Wildman–Crippen MR) is 117 cm³/mol. The molecule has 0 bridgehead atoms. The van der Waals surface area contributed by atoms with E-state index in [1.54, 1.807) is 17.2 Å². The van der Waals surface area contributed by atoms with Gasteiger partial charge in [-0.05, 0) is 38.3 Å². The highest BCUT2D eigenvalue weighted by atomic mass is 16.2. The Bertz CT molecular complexity index is 1170. The zero-order chi connectivity index (χ0) is 21.5. The van der Waals surface area contributed by atoms with Crippen LogP contribution in [0.2, 0.25) is 0 Å². The third kappa shape index (κ3) is 3.55. The van der Waals surface area contributed by atoms with Gasteiger partial charge in [-0.25, -0.2) is 0 Å². The summed E-state index contributed by atoms with van der Waals surface area (Å²) in [6.07, 6.45) is 1.90. The number of benzene rings is 2. The molecule has 1 aliphatic rings. The maximum atomic E-state index is 13.0. The molecule has 4 rings (SSSR count). The summed E-state index contributed by atoms with van der Waals surface area (Å²) in [6, 6.07) is 17.6. The second-order valence-corrected chi connectivity index (χ2v) is 8.66. The van der Waals surface area contributed by atoms with Gasteiger partial charge in [0.25, 0.3) is 0 Å². The molecule has 1 N–H and O–H groups in total. The standard InChI is InChI=1S/C24H24N4O2/c1-24(2,3)28-14-16(13-25)11-21(28)26-23(30)18-12-22(29)27(15-18)20-10-6-8-17-7-4-5-9-19(17)20/h4-11,14,18H,12,15H2,1-3H3,(H,26,30). The molecule has 2 amide bonds. The average Bonchev–Trinajstić information content (AvgIpc) is 3.31. The van der Waals surface area contributed by atoms with Crippen LogP contribution < -0.4 is 10.2 Å². The van der Waals surface area contributed by atoms with E-state index in [1.807, 2.05) is 67.8 Å². The number of nitrogens with one attached hydrogen (secondary N) is 1. The maximum Gasteiger partial charge on any atom is 0.230 e. The Hall–Kier alpha value is -3.59. The number of aromatic nitrogens is 1. The minimum Gasteiger partial charge on any atom is -0.328 e. The van der Waals surface area contributed by atoms with E-state index < -0.39 is 5.92 Å². The lowest BCUT2D eigenvalue weighted by Gasteiger charge is -2.25. The van der Waals surface area contributed by atoms with Gasteiger partial charge >= 0.3 is 0 Å². The van der Waals surface area contributed by atoms with E-state index in [0.717, 1.165) is 16.5 Å². The lowest BCUT2D eigenvalue weighted by Crippen LogP contribution is -2.30. The molecule has 2 aromatic carbocycles. The van der Waals surface area contributed by atoms with E-state index in [2.05, 4.69) is 11.4 Å². The number of carbonyl (C=O) groups excluding carboxylic acids is 2. The van der Waals surface area contributed by atoms with E-state index in [9.17, 15) is 14.9 Å². The Balaban J connectivity index is 1.57. The van der Waals surface area contributed by atoms with Gasteiger partial charge in [-0.15, -0.1) is 0 Å². The Morgan fingerprint density at radius 3 is 2.63 bits per heavy atom. The predicted octanol–water partition coefficient (Wildman–Crippen LogP) is 4.26. The number of fused-ring (bicyclic) bond motifs is 1. The third-order valence-electron chi connectivity index (χ3n) is 5.48. The summed E-state index contributed by atoms with van der Waals surface area (Å²) in [5.41, 5.74) is 1.02. The monoisotopic (exact) mass is 400 g/mol. The quantitative estimate of drug-likeness (QED) is 0.713. The Kier molecular flexibility index (Phi) is 4.83. The maximum absolute atomic E-state index is 13.0. The highest BCUT2D eigenvalue weighted by molar-refractivity contribution is 6.08. The summed E-state index contributed by atoms with van der Waals surface area (Å²) >= 11 is 0. The Labute approximate surface area is 175 Å². The normalized spacial score (nSPS) is 16.7. The van der Waals surface area contributed by atoms with E-state index in [4.69, 9.17) is 0 Å². The van der Waals surface area contributed by atoms with Gasteiger partial charge in [-0.3, -0.25) is 9.59 Å². The van der Waals surface area contributed by atoms with Crippen LogP contribution in [0.4, 0.5) is 11.5 Å². The van der Waals surface area contributed by atoms with Gasteiger partial charge in [0.05, 0.1) is 17.2 Å². The minimum atomic E-state index is -0.453. The molecule has 3 aromatic rings. The number of nitriles is 1. The molecule has 1 aromatic heterocycles. The van der Waals surface area contributed by atoms with Crippen LogP contribution in [-0.2, 0) is 15.1 Å². The molecular formula is C24H24N4O2. The van der Waals surface area contributed by atoms with Crippen LogP contribution in [0.25, 0.3) is 10.8 Å². The lowest BCUT2D eigenvalue weighted by atomic mass is 10.1. The molecule has 1 fully saturated rings. The number of amides is 2. The van der Waals surface area contributed by atoms with Crippen molar-refractivity contribution in [1.82, 2.24) is 4.57 Å². The molecule has 6 nitrogen and oxygen atoms in total. The van der Waals surface area contributed by atoms with Crippen LogP contribution in [0.3, 0.4) is 0 Å². The number of nitrogens with zero attached hydrogens (tertiary/aromatic N) is 3. The molecule has 0 radical (unpaired) electrons. The highest BCUT2D eigenvalue weighted by Crippen LogP contribution is 2.32. The van der Waals surface area contributed by atoms with Crippen molar-refractivity contribution in [2.75, 3.05) is 16.8 Å². The summed E-state index contributed by atoms with van der Waals surface area (Å²) in [5, 5.41) is 14.2. The van der Waals surface area contributed by atoms with Gasteiger partial charge in [0.15, 0.2) is 0 Å². The van der Waals surface area contributed by atoms with Gasteiger partial charge in [0.2, 0.25) is 11.8 Å². The molecule has 0 spiro atoms. The summed E-state index contributed by atoms with van der Waals surface area (Å²) in [4.78, 5) is 27.5. The molecule has 152 valence electrons. The zero-order valence-corrected chi connectivity index (χ0v) is 17.3. The van der Waals surface area contributed by atoms with Crippen molar-refractivity contribution in [2.45, 2.75) is 32.7 Å². The number of rotatable bonds is 3. The first kappa shape index (κ1) is 19.7. The first-order chi connectivity index (χ1) is 14.3. The fourth-order valence-electron chi connectivity index (χ4n) is 3.96. The van der Waals surface area contributed by atoms with Crippen molar-refractivity contribution in [2.24, 2.45) is 5.92 Å². The van der Waals surface area contributed by atoms with Gasteiger partial charge < -0.3 is 14.8 Å². The first-order valence-electron chi connectivity index (χ1n) is 10.00. The second-order valence-electron chi connectivity index (χ2n) is 8.66. The molecule has 0 saturated carbocycles. The molecular weight excluding hydrogens is 376 g/mol. The van der Waals surface area contributed by atoms with Gasteiger partial charge in [-0.1, -0.05) is 36.4 Å². The number of anilines is 2. The van der Waals surface area contributed by atoms with Crippen molar-refractivity contribution in [3.8, 4) is 6.07 Å². The lowest BCUT2D eigenvalue weighted by molar-refractivity contribution is -0.122. The first-order valence-corrected chi connectivity index (χ1v) is 10.00. The van der Waals surface area contributed by atoms with Crippen LogP contribution in [-0.4, -0.2) is 22.9 Å². The van der Waals surface area contributed by atoms with Crippen molar-refractivity contribution >= 4 is 34.1 Å². The van der Waals surface area contributed by atoms with Crippen molar-refractivity contribution in [3.63, 3.8) is 0 Å². The molecule has 6 heteroatoms. The summed E-state index contributed by atoms with van der Waals surface area (Å²) < 4.78 is 1.88. The zero-order valence-electron chi connectivity index (χ0n) is 17.3. The van der Waals surface area contributed by atoms with Crippen LogP contribution in [0, 0.1) is 17.2 Å². The number of hydrogen-bond acceptors (Lipinski definition) is 3. The number of hydrogen-bond donors (Lipinski definition) is 1. The van der Waals surface area contributed by atoms with Gasteiger partial charge in [-0.2, -0.15) is 5.26 Å². The molecule has 1 saturated heterocycles. The van der Waals surface area contributed by atoms with Crippen LogP contribution >= 0.6 is 0 Å². The number of carbonyl (C=O) groups is 2. The topological polar surface area (TPSA) is 78.1 Å². The second kappa shape index (κ2) is 7.34. The fraction of sp³-hybridized carbons (Fsp3) is 0.292. The van der Waals surface area contributed by atoms with E-state index in [1.165, 1.54) is 0 Å². The van der Waals surface area contributed by atoms with E-state index in [-0.39, 0.29) is 23.8 Å². The molecule has 0 aliphatic carbocycles. The smallest absolute Gasteiger partial charge is 0.230 e. The Morgan fingerprint density at radius 1 is 1.17 bits per heavy atom. The van der Waals surface area contributed by atoms with Crippen LogP contribution in [0.1, 0.15) is 32.8 Å². The van der Waals surface area contributed by atoms with Crippen LogP contribution in [0.15, 0.2) is 54.7 Å². The summed E-state index contributed by atoms with van der Waals surface area (Å²) in [7, 11) is 0. The van der Waals surface area contributed by atoms with Gasteiger partial charge in [0, 0.05) is 30.1 Å². The molecule has 1 atom stereocenters. The van der Waals surface area contributed by atoms with Gasteiger partial charge in [0.1, 0.15) is 11.9 Å². The Morgan fingerprint density at radius 2 is 1.90 bits per heavy atom. The van der Waals surface area contributed by atoms with Crippen molar-refractivity contribution in [3.05, 3.63) is 60.3 Å². The molecule has 1 aliphatic heterocycles. The largest absolute Gasteiger partial charge is 0.328 e. The molecule has 30 heavy (non-hydrogen) atoms. The fourth-order valence-corrected chi connectivity index (χ4v) is 3.96. The summed E-state index contributed by atoms with van der Waals surface area (Å²) in [6.45, 7) is 6.35. The third-order valence-corrected chi connectivity index (χ3v) is 5.48. The summed E-state index contributed by atoms with van der Waals surface area (Å²) in [5.74, 6) is -0.153. The van der Waals surface area contributed by atoms with Crippen LogP contribution in [0.5, 0.6) is 0 Å². The minimum absolute atomic E-state index is 0.0598. The van der Waals surface area contributed by atoms with E-state index >= 15 is 0 Å². The van der Waals surface area contributed by atoms with Crippen molar-refractivity contribution in [1.29, 1.82) is 5.26 Å². The highest BCUT2D eigenvalue weighted by Gasteiger charge is 2.36. The SMILES string of the molecule is CC(C)(C)n1cc(C#N)cc1NC(=O)C1CC(=O)N(c2cccc3ccccc23)C1. The molecule has 1 unspecified atom stereocenters. The average molecular weight is 400 g/mol. The van der Waals surface area contributed by atoms with E-state index in [0.29, 0.717) is 17.9 Å². The molecule has 2 heterocycles.